The Balaban J connectivity index is 1.41. The minimum absolute atomic E-state index is 0.141. The molecule has 200 valence electrons. The standard InChI is InChI=1S/C27H44N6O2S/c1-3-7-19(2)23-18-33(21-8-5-4-6-9-21)27-24(23)25(28)30-26(31-27)20-12-16-32(17-13-20)36(34,35)22-10-14-29-15-11-22/h18-22,29H,3-17H2,1-2H3,(H2,28,30,31)/t19-/m0/s1. The van der Waals surface area contributed by atoms with Crippen LogP contribution in [0.15, 0.2) is 6.20 Å². The third kappa shape index (κ3) is 5.03. The highest BCUT2D eigenvalue weighted by atomic mass is 32.2. The molecule has 0 bridgehead atoms. The van der Waals surface area contributed by atoms with E-state index in [2.05, 4.69) is 29.9 Å². The maximum atomic E-state index is 13.2. The highest BCUT2D eigenvalue weighted by molar-refractivity contribution is 7.89. The van der Waals surface area contributed by atoms with E-state index in [1.807, 2.05) is 0 Å². The van der Waals surface area contributed by atoms with Crippen LogP contribution in [0.1, 0.15) is 114 Å². The molecule has 2 aliphatic heterocycles. The van der Waals surface area contributed by atoms with E-state index >= 15 is 0 Å². The van der Waals surface area contributed by atoms with Crippen molar-refractivity contribution < 1.29 is 8.42 Å². The van der Waals surface area contributed by atoms with Crippen molar-refractivity contribution in [1.29, 1.82) is 0 Å². The number of nitrogens with zero attached hydrogens (tertiary/aromatic N) is 4. The fourth-order valence-electron chi connectivity index (χ4n) is 6.68. The molecule has 3 aliphatic rings. The van der Waals surface area contributed by atoms with E-state index in [4.69, 9.17) is 15.7 Å². The molecule has 0 radical (unpaired) electrons. The lowest BCUT2D eigenvalue weighted by Gasteiger charge is -2.34. The van der Waals surface area contributed by atoms with Crippen LogP contribution >= 0.6 is 0 Å². The van der Waals surface area contributed by atoms with Crippen molar-refractivity contribution in [1.82, 2.24) is 24.2 Å². The van der Waals surface area contributed by atoms with Crippen LogP contribution in [0.4, 0.5) is 5.82 Å². The Bertz CT molecular complexity index is 1140. The summed E-state index contributed by atoms with van der Waals surface area (Å²) in [6, 6.07) is 0.475. The Morgan fingerprint density at radius 1 is 1.06 bits per heavy atom. The summed E-state index contributed by atoms with van der Waals surface area (Å²) in [7, 11) is -3.24. The number of nitrogens with one attached hydrogen (secondary N) is 1. The third-order valence-corrected chi connectivity index (χ3v) is 11.3. The molecule has 8 nitrogen and oxygen atoms in total. The maximum absolute atomic E-state index is 13.2. The third-order valence-electron chi connectivity index (χ3n) is 8.85. The Hall–Kier alpha value is -1.71. The highest BCUT2D eigenvalue weighted by Gasteiger charge is 2.36. The van der Waals surface area contributed by atoms with Gasteiger partial charge in [-0.2, -0.15) is 0 Å². The zero-order valence-electron chi connectivity index (χ0n) is 22.1. The van der Waals surface area contributed by atoms with Crippen LogP contribution in [0.2, 0.25) is 0 Å². The topological polar surface area (TPSA) is 106 Å². The molecule has 1 aliphatic carbocycles. The van der Waals surface area contributed by atoms with E-state index in [0.29, 0.717) is 43.7 Å². The number of aromatic nitrogens is 3. The predicted octanol–water partition coefficient (Wildman–Crippen LogP) is 4.68. The molecular formula is C27H44N6O2S. The van der Waals surface area contributed by atoms with Gasteiger partial charge in [-0.15, -0.1) is 0 Å². The van der Waals surface area contributed by atoms with Crippen LogP contribution in [0.25, 0.3) is 11.0 Å². The molecule has 1 atom stereocenters. The van der Waals surface area contributed by atoms with Crippen LogP contribution in [0.3, 0.4) is 0 Å². The van der Waals surface area contributed by atoms with Gasteiger partial charge in [0.15, 0.2) is 0 Å². The fourth-order valence-corrected chi connectivity index (χ4v) is 8.65. The number of fused-ring (bicyclic) bond motifs is 1. The van der Waals surface area contributed by atoms with Gasteiger partial charge in [-0.3, -0.25) is 0 Å². The molecule has 2 aromatic heterocycles. The van der Waals surface area contributed by atoms with Gasteiger partial charge in [0.05, 0.1) is 10.6 Å². The molecule has 0 aromatic carbocycles. The van der Waals surface area contributed by atoms with Crippen LogP contribution in [0, 0.1) is 0 Å². The van der Waals surface area contributed by atoms with Gasteiger partial charge in [-0.1, -0.05) is 39.5 Å². The summed E-state index contributed by atoms with van der Waals surface area (Å²) < 4.78 is 30.5. The smallest absolute Gasteiger partial charge is 0.217 e. The van der Waals surface area contributed by atoms with Crippen molar-refractivity contribution >= 4 is 26.9 Å². The molecule has 0 amide bonds. The minimum Gasteiger partial charge on any atom is -0.383 e. The summed E-state index contributed by atoms with van der Waals surface area (Å²) in [5.41, 5.74) is 8.93. The van der Waals surface area contributed by atoms with E-state index in [1.165, 1.54) is 37.7 Å². The maximum Gasteiger partial charge on any atom is 0.217 e. The SMILES string of the molecule is CCC[C@H](C)c1cn(C2CCCCC2)c2nc(C3CCN(S(=O)(=O)C4CCNCC4)CC3)nc(N)c12. The second-order valence-electron chi connectivity index (χ2n) is 11.3. The molecule has 2 saturated heterocycles. The Kier molecular flexibility index (Phi) is 7.89. The summed E-state index contributed by atoms with van der Waals surface area (Å²) in [5.74, 6) is 1.95. The molecular weight excluding hydrogens is 472 g/mol. The number of nitrogen functional groups attached to an aromatic ring is 1. The molecule has 9 heteroatoms. The van der Waals surface area contributed by atoms with Crippen LogP contribution in [-0.2, 0) is 10.0 Å². The molecule has 5 rings (SSSR count). The second kappa shape index (κ2) is 11.0. The Morgan fingerprint density at radius 2 is 1.75 bits per heavy atom. The summed E-state index contributed by atoms with van der Waals surface area (Å²) in [4.78, 5) is 10.0. The summed E-state index contributed by atoms with van der Waals surface area (Å²) in [6.45, 7) is 7.17. The normalized spacial score (nSPS) is 22.8. The lowest BCUT2D eigenvalue weighted by Crippen LogP contribution is -2.46. The number of hydrogen-bond acceptors (Lipinski definition) is 6. The number of piperidine rings is 2. The fraction of sp³-hybridized carbons (Fsp3) is 0.778. The van der Waals surface area contributed by atoms with Crippen LogP contribution in [-0.4, -0.2) is 58.7 Å². The van der Waals surface area contributed by atoms with Crippen LogP contribution in [0.5, 0.6) is 0 Å². The largest absolute Gasteiger partial charge is 0.383 e. The number of nitrogens with two attached hydrogens (primary N) is 1. The average Bonchev–Trinajstić information content (AvgIpc) is 3.30. The zero-order chi connectivity index (χ0) is 25.3. The molecule has 3 N–H and O–H groups in total. The summed E-state index contributed by atoms with van der Waals surface area (Å²) in [5, 5.41) is 4.06. The number of anilines is 1. The van der Waals surface area contributed by atoms with Crippen molar-refractivity contribution in [2.24, 2.45) is 0 Å². The summed E-state index contributed by atoms with van der Waals surface area (Å²) >= 11 is 0. The molecule has 36 heavy (non-hydrogen) atoms. The molecule has 3 fully saturated rings. The van der Waals surface area contributed by atoms with Gasteiger partial charge in [-0.05, 0) is 69.5 Å². The van der Waals surface area contributed by atoms with E-state index < -0.39 is 10.0 Å². The number of rotatable bonds is 7. The zero-order valence-corrected chi connectivity index (χ0v) is 22.9. The van der Waals surface area contributed by atoms with E-state index in [1.54, 1.807) is 4.31 Å². The molecule has 0 unspecified atom stereocenters. The lowest BCUT2D eigenvalue weighted by atomic mass is 9.95. The van der Waals surface area contributed by atoms with Crippen molar-refractivity contribution in [3.63, 3.8) is 0 Å². The van der Waals surface area contributed by atoms with Gasteiger partial charge >= 0.3 is 0 Å². The average molecular weight is 517 g/mol. The Labute approximate surface area is 216 Å². The monoisotopic (exact) mass is 516 g/mol. The van der Waals surface area contributed by atoms with Crippen molar-refractivity contribution in [2.75, 3.05) is 31.9 Å². The van der Waals surface area contributed by atoms with Gasteiger partial charge in [0.25, 0.3) is 0 Å². The first-order chi connectivity index (χ1) is 17.4. The van der Waals surface area contributed by atoms with Gasteiger partial charge in [0.1, 0.15) is 17.3 Å². The van der Waals surface area contributed by atoms with Crippen molar-refractivity contribution in [3.8, 4) is 0 Å². The van der Waals surface area contributed by atoms with Gasteiger partial charge in [0, 0.05) is 31.2 Å². The minimum atomic E-state index is -3.24. The van der Waals surface area contributed by atoms with Crippen LogP contribution < -0.4 is 11.1 Å². The first kappa shape index (κ1) is 25.9. The van der Waals surface area contributed by atoms with E-state index in [0.717, 1.165) is 55.6 Å². The van der Waals surface area contributed by atoms with Gasteiger partial charge in [-0.25, -0.2) is 22.7 Å². The molecule has 1 saturated carbocycles. The van der Waals surface area contributed by atoms with Gasteiger partial charge in [0.2, 0.25) is 10.0 Å². The van der Waals surface area contributed by atoms with Gasteiger partial charge < -0.3 is 15.6 Å². The highest BCUT2D eigenvalue weighted by Crippen LogP contribution is 2.39. The number of hydrogen-bond donors (Lipinski definition) is 2. The number of sulfonamides is 1. The molecule has 4 heterocycles. The first-order valence-electron chi connectivity index (χ1n) is 14.3. The molecule has 2 aromatic rings. The quantitative estimate of drug-likeness (QED) is 0.553. The lowest BCUT2D eigenvalue weighted by molar-refractivity contribution is 0.306. The van der Waals surface area contributed by atoms with Crippen molar-refractivity contribution in [3.05, 3.63) is 17.6 Å². The van der Waals surface area contributed by atoms with E-state index in [-0.39, 0.29) is 11.2 Å². The summed E-state index contributed by atoms with van der Waals surface area (Å²) in [6.07, 6.45) is 13.7. The van der Waals surface area contributed by atoms with Crippen molar-refractivity contribution in [2.45, 2.75) is 108 Å². The Morgan fingerprint density at radius 3 is 2.42 bits per heavy atom. The second-order valence-corrected chi connectivity index (χ2v) is 13.5. The first-order valence-corrected chi connectivity index (χ1v) is 15.8. The predicted molar refractivity (Wildman–Crippen MR) is 146 cm³/mol. The van der Waals surface area contributed by atoms with E-state index in [9.17, 15) is 8.42 Å². The molecule has 0 spiro atoms.